The molecular weight excluding hydrogens is 312 g/mol. The second kappa shape index (κ2) is 4.84. The minimum absolute atomic E-state index is 0.0411. The van der Waals surface area contributed by atoms with Gasteiger partial charge in [-0.2, -0.15) is 0 Å². The van der Waals surface area contributed by atoms with Gasteiger partial charge in [0.25, 0.3) is 0 Å². The Morgan fingerprint density at radius 1 is 1.50 bits per heavy atom. The standard InChI is InChI=1S/C10H8Br2O2/c1-6(11)10(14)8-4-2-3-7(5-13)9(8)12/h2-6H,1H3. The van der Waals surface area contributed by atoms with Crippen LogP contribution in [0.25, 0.3) is 0 Å². The van der Waals surface area contributed by atoms with E-state index in [0.717, 1.165) is 6.29 Å². The molecule has 0 saturated heterocycles. The fourth-order valence-electron chi connectivity index (χ4n) is 1.05. The van der Waals surface area contributed by atoms with Crippen molar-refractivity contribution in [1.82, 2.24) is 0 Å². The molecule has 1 aromatic rings. The predicted octanol–water partition coefficient (Wildman–Crippen LogP) is 3.23. The van der Waals surface area contributed by atoms with Crippen LogP contribution in [0, 0.1) is 0 Å². The Labute approximate surface area is 98.9 Å². The molecule has 1 aromatic carbocycles. The highest BCUT2D eigenvalue weighted by Crippen LogP contribution is 2.23. The van der Waals surface area contributed by atoms with Gasteiger partial charge in [-0.25, -0.2) is 0 Å². The van der Waals surface area contributed by atoms with Gasteiger partial charge in [0.15, 0.2) is 12.1 Å². The number of benzene rings is 1. The van der Waals surface area contributed by atoms with Gasteiger partial charge in [-0.15, -0.1) is 0 Å². The van der Waals surface area contributed by atoms with Crippen molar-refractivity contribution >= 4 is 43.9 Å². The molecule has 0 N–H and O–H groups in total. The number of carbonyl (C=O) groups is 2. The smallest absolute Gasteiger partial charge is 0.177 e. The maximum Gasteiger partial charge on any atom is 0.177 e. The Bertz CT molecular complexity index is 372. The van der Waals surface area contributed by atoms with Gasteiger partial charge in [0.05, 0.1) is 4.83 Å². The lowest BCUT2D eigenvalue weighted by Gasteiger charge is -2.06. The number of hydrogen-bond donors (Lipinski definition) is 0. The molecule has 2 nitrogen and oxygen atoms in total. The molecule has 14 heavy (non-hydrogen) atoms. The van der Waals surface area contributed by atoms with Crippen LogP contribution in [0.3, 0.4) is 0 Å². The van der Waals surface area contributed by atoms with Crippen molar-refractivity contribution in [1.29, 1.82) is 0 Å². The molecule has 0 amide bonds. The lowest BCUT2D eigenvalue weighted by molar-refractivity contribution is 0.0995. The number of ketones is 1. The average Bonchev–Trinajstić information content (AvgIpc) is 2.17. The fraction of sp³-hybridized carbons (Fsp3) is 0.200. The number of hydrogen-bond acceptors (Lipinski definition) is 2. The molecular formula is C10H8Br2O2. The molecule has 74 valence electrons. The van der Waals surface area contributed by atoms with E-state index in [0.29, 0.717) is 15.6 Å². The summed E-state index contributed by atoms with van der Waals surface area (Å²) in [6.45, 7) is 1.75. The van der Waals surface area contributed by atoms with Crippen molar-refractivity contribution < 1.29 is 9.59 Å². The van der Waals surface area contributed by atoms with Crippen molar-refractivity contribution in [2.24, 2.45) is 0 Å². The molecule has 0 aliphatic heterocycles. The van der Waals surface area contributed by atoms with E-state index < -0.39 is 0 Å². The van der Waals surface area contributed by atoms with Gasteiger partial charge in [0.1, 0.15) is 0 Å². The zero-order chi connectivity index (χ0) is 10.7. The predicted molar refractivity (Wildman–Crippen MR) is 62.2 cm³/mol. The largest absolute Gasteiger partial charge is 0.298 e. The molecule has 0 radical (unpaired) electrons. The highest BCUT2D eigenvalue weighted by molar-refractivity contribution is 9.10. The molecule has 0 aliphatic rings. The van der Waals surface area contributed by atoms with Gasteiger partial charge in [-0.1, -0.05) is 34.1 Å². The minimum Gasteiger partial charge on any atom is -0.298 e. The maximum atomic E-state index is 11.6. The van der Waals surface area contributed by atoms with Crippen LogP contribution in [0.5, 0.6) is 0 Å². The van der Waals surface area contributed by atoms with Crippen molar-refractivity contribution in [2.45, 2.75) is 11.8 Å². The van der Waals surface area contributed by atoms with Crippen LogP contribution >= 0.6 is 31.9 Å². The summed E-state index contributed by atoms with van der Waals surface area (Å²) >= 11 is 6.44. The molecule has 4 heteroatoms. The van der Waals surface area contributed by atoms with E-state index in [1.54, 1.807) is 25.1 Å². The van der Waals surface area contributed by atoms with Crippen LogP contribution in [0.1, 0.15) is 27.6 Å². The summed E-state index contributed by atoms with van der Waals surface area (Å²) in [6, 6.07) is 5.04. The maximum absolute atomic E-state index is 11.6. The first-order valence-corrected chi connectivity index (χ1v) is 5.70. The number of alkyl halides is 1. The lowest BCUT2D eigenvalue weighted by Crippen LogP contribution is -2.11. The van der Waals surface area contributed by atoms with Gasteiger partial charge in [-0.05, 0) is 22.9 Å². The summed E-state index contributed by atoms with van der Waals surface area (Å²) < 4.78 is 0.561. The van der Waals surface area contributed by atoms with Crippen molar-refractivity contribution in [2.75, 3.05) is 0 Å². The van der Waals surface area contributed by atoms with Gasteiger partial charge < -0.3 is 0 Å². The molecule has 0 aliphatic carbocycles. The third-order valence-electron chi connectivity index (χ3n) is 1.78. The van der Waals surface area contributed by atoms with Gasteiger partial charge in [0.2, 0.25) is 0 Å². The van der Waals surface area contributed by atoms with Crippen molar-refractivity contribution in [3.63, 3.8) is 0 Å². The summed E-state index contributed by atoms with van der Waals surface area (Å²) in [5, 5.41) is 0. The second-order valence-electron chi connectivity index (χ2n) is 2.81. The summed E-state index contributed by atoms with van der Waals surface area (Å²) in [7, 11) is 0. The van der Waals surface area contributed by atoms with E-state index in [4.69, 9.17) is 0 Å². The first-order chi connectivity index (χ1) is 6.57. The van der Waals surface area contributed by atoms with E-state index in [9.17, 15) is 9.59 Å². The number of rotatable bonds is 3. The Morgan fingerprint density at radius 3 is 2.64 bits per heavy atom. The summed E-state index contributed by atoms with van der Waals surface area (Å²) in [5.41, 5.74) is 1.02. The number of Topliss-reactive ketones (excluding diaryl/α,β-unsaturated/α-hetero) is 1. The number of aldehydes is 1. The lowest BCUT2D eigenvalue weighted by atomic mass is 10.1. The molecule has 0 saturated carbocycles. The third-order valence-corrected chi connectivity index (χ3v) is 3.08. The number of carbonyl (C=O) groups excluding carboxylic acids is 2. The van der Waals surface area contributed by atoms with E-state index in [-0.39, 0.29) is 10.6 Å². The van der Waals surface area contributed by atoms with Crippen LogP contribution in [-0.4, -0.2) is 16.9 Å². The molecule has 0 spiro atoms. The second-order valence-corrected chi connectivity index (χ2v) is 4.97. The van der Waals surface area contributed by atoms with Crippen LogP contribution in [0.4, 0.5) is 0 Å². The zero-order valence-corrected chi connectivity index (χ0v) is 10.6. The van der Waals surface area contributed by atoms with Crippen LogP contribution in [-0.2, 0) is 0 Å². The Hall–Kier alpha value is -0.480. The Balaban J connectivity index is 3.22. The quantitative estimate of drug-likeness (QED) is 0.487. The monoisotopic (exact) mass is 318 g/mol. The fourth-order valence-corrected chi connectivity index (χ4v) is 1.85. The van der Waals surface area contributed by atoms with Gasteiger partial charge in [-0.3, -0.25) is 9.59 Å². The highest BCUT2D eigenvalue weighted by atomic mass is 79.9. The molecule has 0 bridgehead atoms. The highest BCUT2D eigenvalue weighted by Gasteiger charge is 2.16. The zero-order valence-electron chi connectivity index (χ0n) is 7.46. The molecule has 0 fully saturated rings. The minimum atomic E-state index is -0.249. The molecule has 0 heterocycles. The number of halogens is 2. The Morgan fingerprint density at radius 2 is 2.14 bits per heavy atom. The summed E-state index contributed by atoms with van der Waals surface area (Å²) in [4.78, 5) is 22.0. The normalized spacial score (nSPS) is 12.2. The first kappa shape index (κ1) is 11.6. The van der Waals surface area contributed by atoms with Crippen molar-refractivity contribution in [3.8, 4) is 0 Å². The van der Waals surface area contributed by atoms with Crippen molar-refractivity contribution in [3.05, 3.63) is 33.8 Å². The van der Waals surface area contributed by atoms with Gasteiger partial charge in [0, 0.05) is 15.6 Å². The van der Waals surface area contributed by atoms with E-state index in [2.05, 4.69) is 31.9 Å². The summed E-state index contributed by atoms with van der Waals surface area (Å²) in [6.07, 6.45) is 0.722. The SMILES string of the molecule is CC(Br)C(=O)c1cccc(C=O)c1Br. The van der Waals surface area contributed by atoms with E-state index >= 15 is 0 Å². The topological polar surface area (TPSA) is 34.1 Å². The Kier molecular flexibility index (Phi) is 4.01. The van der Waals surface area contributed by atoms with Crippen LogP contribution in [0.2, 0.25) is 0 Å². The van der Waals surface area contributed by atoms with Crippen LogP contribution in [0.15, 0.2) is 22.7 Å². The first-order valence-electron chi connectivity index (χ1n) is 4.00. The van der Waals surface area contributed by atoms with Gasteiger partial charge >= 0.3 is 0 Å². The van der Waals surface area contributed by atoms with E-state index in [1.807, 2.05) is 0 Å². The summed E-state index contributed by atoms with van der Waals surface area (Å²) in [5.74, 6) is -0.0411. The molecule has 1 rings (SSSR count). The molecule has 1 atom stereocenters. The molecule has 0 aromatic heterocycles. The molecule has 1 unspecified atom stereocenters. The average molecular weight is 320 g/mol. The van der Waals surface area contributed by atoms with Crippen LogP contribution < -0.4 is 0 Å². The van der Waals surface area contributed by atoms with E-state index in [1.165, 1.54) is 0 Å². The third kappa shape index (κ3) is 2.30.